The van der Waals surface area contributed by atoms with Gasteiger partial charge in [-0.25, -0.2) is 9.18 Å². The summed E-state index contributed by atoms with van der Waals surface area (Å²) in [6.45, 7) is 4.16. The molecule has 29 heavy (non-hydrogen) atoms. The summed E-state index contributed by atoms with van der Waals surface area (Å²) >= 11 is 12.8. The molecule has 0 bridgehead atoms. The molecule has 2 N–H and O–H groups in total. The molecule has 0 spiro atoms. The van der Waals surface area contributed by atoms with Crippen LogP contribution in [-0.2, 0) is 6.42 Å². The Kier molecular flexibility index (Phi) is 6.68. The molecule has 0 saturated carbocycles. The molecule has 154 valence electrons. The smallest absolute Gasteiger partial charge is 0.333 e. The zero-order valence-electron chi connectivity index (χ0n) is 15.9. The van der Waals surface area contributed by atoms with Gasteiger partial charge < -0.3 is 10.2 Å². The van der Waals surface area contributed by atoms with Crippen molar-refractivity contribution in [2.24, 2.45) is 0 Å². The van der Waals surface area contributed by atoms with Gasteiger partial charge in [0.15, 0.2) is 0 Å². The van der Waals surface area contributed by atoms with Crippen molar-refractivity contribution in [2.75, 3.05) is 11.9 Å². The number of nitrogens with zero attached hydrogens (tertiary/aromatic N) is 2. The van der Waals surface area contributed by atoms with E-state index in [0.29, 0.717) is 38.6 Å². The zero-order chi connectivity index (χ0) is 21.2. The summed E-state index contributed by atoms with van der Waals surface area (Å²) in [5.41, 5.74) is 1.02. The maximum absolute atomic E-state index is 14.0. The van der Waals surface area contributed by atoms with Gasteiger partial charge in [0.1, 0.15) is 16.3 Å². The number of nitrogens with one attached hydrogen (secondary N) is 1. The lowest BCUT2D eigenvalue weighted by Crippen LogP contribution is -2.55. The Hall–Kier alpha value is -1.87. The van der Waals surface area contributed by atoms with Crippen molar-refractivity contribution in [3.8, 4) is 0 Å². The van der Waals surface area contributed by atoms with Crippen LogP contribution in [0.1, 0.15) is 19.4 Å². The van der Waals surface area contributed by atoms with E-state index >= 15 is 0 Å². The van der Waals surface area contributed by atoms with Crippen LogP contribution in [-0.4, -0.2) is 43.0 Å². The van der Waals surface area contributed by atoms with E-state index < -0.39 is 16.9 Å². The number of hydroxylamine groups is 2. The van der Waals surface area contributed by atoms with E-state index in [4.69, 9.17) is 23.8 Å². The molecule has 2 amide bonds. The second kappa shape index (κ2) is 8.87. The van der Waals surface area contributed by atoms with Gasteiger partial charge in [-0.1, -0.05) is 59.8 Å². The summed E-state index contributed by atoms with van der Waals surface area (Å²) in [6, 6.07) is 12.5. The topological polar surface area (TPSA) is 55.8 Å². The Labute approximate surface area is 183 Å². The lowest BCUT2D eigenvalue weighted by atomic mass is 10.1. The third-order valence-electron chi connectivity index (χ3n) is 4.60. The minimum absolute atomic E-state index is 0.291. The standard InChI is InChI=1S/C20H21ClFN3O2S2/c1-20(2)17(25(27)18(26)23-15-8-5-7-14(21)12-15)24(19(28)29-20)11-10-13-6-3-4-9-16(13)22/h3-9,12,17,27H,10-11H2,1-2H3,(H,23,26)/t17-/m0/s1. The highest BCUT2D eigenvalue weighted by molar-refractivity contribution is 8.24. The Balaban J connectivity index is 1.76. The summed E-state index contributed by atoms with van der Waals surface area (Å²) < 4.78 is 14.0. The Bertz CT molecular complexity index is 928. The second-order valence-corrected chi connectivity index (χ2v) is 9.89. The monoisotopic (exact) mass is 453 g/mol. The average Bonchev–Trinajstić information content (AvgIpc) is 2.88. The zero-order valence-corrected chi connectivity index (χ0v) is 18.3. The molecule has 0 radical (unpaired) electrons. The first kappa shape index (κ1) is 21.8. The van der Waals surface area contributed by atoms with E-state index in [-0.39, 0.29) is 5.82 Å². The number of carbonyl (C=O) groups excluding carboxylic acids is 1. The first-order valence-electron chi connectivity index (χ1n) is 8.97. The molecule has 9 heteroatoms. The fourth-order valence-electron chi connectivity index (χ4n) is 3.25. The van der Waals surface area contributed by atoms with Crippen LogP contribution in [0.5, 0.6) is 0 Å². The van der Waals surface area contributed by atoms with Crippen LogP contribution in [0.15, 0.2) is 48.5 Å². The van der Waals surface area contributed by atoms with Crippen molar-refractivity contribution in [3.05, 3.63) is 64.9 Å². The normalized spacial score (nSPS) is 18.0. The first-order valence-corrected chi connectivity index (χ1v) is 10.6. The molecule has 1 saturated heterocycles. The van der Waals surface area contributed by atoms with Gasteiger partial charge >= 0.3 is 6.03 Å². The average molecular weight is 454 g/mol. The van der Waals surface area contributed by atoms with Crippen molar-refractivity contribution < 1.29 is 14.4 Å². The van der Waals surface area contributed by atoms with E-state index in [1.807, 2.05) is 13.8 Å². The van der Waals surface area contributed by atoms with Crippen molar-refractivity contribution in [1.82, 2.24) is 9.96 Å². The fourth-order valence-corrected chi connectivity index (χ4v) is 5.37. The largest absolute Gasteiger partial charge is 0.347 e. The summed E-state index contributed by atoms with van der Waals surface area (Å²) in [6.07, 6.45) is -0.324. The molecule has 1 fully saturated rings. The number of amides is 2. The Morgan fingerprint density at radius 3 is 2.76 bits per heavy atom. The summed E-state index contributed by atoms with van der Waals surface area (Å²) in [5, 5.41) is 14.5. The molecule has 2 aromatic carbocycles. The van der Waals surface area contributed by atoms with Crippen molar-refractivity contribution >= 4 is 51.6 Å². The van der Waals surface area contributed by atoms with Crippen LogP contribution in [0.4, 0.5) is 14.9 Å². The van der Waals surface area contributed by atoms with E-state index in [1.54, 1.807) is 47.4 Å². The van der Waals surface area contributed by atoms with Gasteiger partial charge in [0.05, 0.1) is 4.75 Å². The van der Waals surface area contributed by atoms with Gasteiger partial charge in [0.25, 0.3) is 0 Å². The van der Waals surface area contributed by atoms with Crippen LogP contribution >= 0.6 is 35.6 Å². The highest BCUT2D eigenvalue weighted by Crippen LogP contribution is 2.42. The van der Waals surface area contributed by atoms with Crippen LogP contribution in [0.25, 0.3) is 0 Å². The third-order valence-corrected chi connectivity index (χ3v) is 6.46. The summed E-state index contributed by atoms with van der Waals surface area (Å²) in [7, 11) is 0. The lowest BCUT2D eigenvalue weighted by Gasteiger charge is -2.37. The molecule has 1 heterocycles. The number of hydrogen-bond donors (Lipinski definition) is 2. The van der Waals surface area contributed by atoms with Gasteiger partial charge in [-0.2, -0.15) is 5.06 Å². The van der Waals surface area contributed by atoms with Gasteiger partial charge in [-0.15, -0.1) is 0 Å². The van der Waals surface area contributed by atoms with Crippen molar-refractivity contribution in [3.63, 3.8) is 0 Å². The first-order chi connectivity index (χ1) is 13.7. The van der Waals surface area contributed by atoms with E-state index in [2.05, 4.69) is 5.32 Å². The highest BCUT2D eigenvalue weighted by Gasteiger charge is 2.49. The SMILES string of the molecule is CC1(C)SC(=S)N(CCc2ccccc2F)[C@H]1N(O)C(=O)Nc1cccc(Cl)c1. The van der Waals surface area contributed by atoms with Crippen LogP contribution in [0, 0.1) is 5.82 Å². The Morgan fingerprint density at radius 2 is 2.07 bits per heavy atom. The van der Waals surface area contributed by atoms with E-state index in [9.17, 15) is 14.4 Å². The van der Waals surface area contributed by atoms with Crippen LogP contribution < -0.4 is 5.32 Å². The minimum atomic E-state index is -0.717. The van der Waals surface area contributed by atoms with Crippen molar-refractivity contribution in [1.29, 1.82) is 0 Å². The van der Waals surface area contributed by atoms with Gasteiger partial charge in [0, 0.05) is 17.3 Å². The number of carbonyl (C=O) groups is 1. The Morgan fingerprint density at radius 1 is 1.34 bits per heavy atom. The summed E-state index contributed by atoms with van der Waals surface area (Å²) in [4.78, 5) is 14.4. The van der Waals surface area contributed by atoms with E-state index in [0.717, 1.165) is 0 Å². The number of hydrogen-bond acceptors (Lipinski definition) is 4. The lowest BCUT2D eigenvalue weighted by molar-refractivity contribution is -0.114. The number of rotatable bonds is 5. The maximum Gasteiger partial charge on any atom is 0.347 e. The van der Waals surface area contributed by atoms with Gasteiger partial charge in [-0.3, -0.25) is 5.21 Å². The predicted molar refractivity (Wildman–Crippen MR) is 119 cm³/mol. The van der Waals surface area contributed by atoms with Gasteiger partial charge in [0.2, 0.25) is 0 Å². The van der Waals surface area contributed by atoms with Crippen LogP contribution in [0.2, 0.25) is 5.02 Å². The molecule has 0 unspecified atom stereocenters. The summed E-state index contributed by atoms with van der Waals surface area (Å²) in [5.74, 6) is -0.291. The van der Waals surface area contributed by atoms with Crippen molar-refractivity contribution in [2.45, 2.75) is 31.2 Å². The number of benzene rings is 2. The second-order valence-electron chi connectivity index (χ2n) is 7.16. The van der Waals surface area contributed by atoms with Gasteiger partial charge in [-0.05, 0) is 50.1 Å². The number of anilines is 1. The maximum atomic E-state index is 14.0. The molecule has 1 aliphatic heterocycles. The fraction of sp³-hybridized carbons (Fsp3) is 0.300. The molecule has 2 aromatic rings. The molecule has 0 aliphatic carbocycles. The number of halogens is 2. The molecule has 3 rings (SSSR count). The molecular weight excluding hydrogens is 433 g/mol. The number of thiocarbonyl (C=S) groups is 1. The van der Waals surface area contributed by atoms with E-state index in [1.165, 1.54) is 17.8 Å². The number of thioether (sulfide) groups is 1. The minimum Gasteiger partial charge on any atom is -0.333 e. The highest BCUT2D eigenvalue weighted by atomic mass is 35.5. The number of urea groups is 1. The molecule has 1 atom stereocenters. The molecule has 1 aliphatic rings. The van der Waals surface area contributed by atoms with Crippen LogP contribution in [0.3, 0.4) is 0 Å². The quantitative estimate of drug-likeness (QED) is 0.361. The third kappa shape index (κ3) is 5.01. The molecule has 5 nitrogen and oxygen atoms in total. The predicted octanol–water partition coefficient (Wildman–Crippen LogP) is 5.38. The molecule has 0 aromatic heterocycles. The molecular formula is C20H21ClFN3O2S2.